The maximum absolute atomic E-state index is 5.99. The molecule has 26 heavy (non-hydrogen) atoms. The predicted octanol–water partition coefficient (Wildman–Crippen LogP) is 5.38. The summed E-state index contributed by atoms with van der Waals surface area (Å²) in [4.78, 5) is 0. The van der Waals surface area contributed by atoms with Crippen molar-refractivity contribution in [2.75, 3.05) is 0 Å². The van der Waals surface area contributed by atoms with Crippen molar-refractivity contribution in [1.29, 1.82) is 0 Å². The van der Waals surface area contributed by atoms with Gasteiger partial charge in [0, 0.05) is 23.0 Å². The molecule has 0 aliphatic heterocycles. The predicted molar refractivity (Wildman–Crippen MR) is 110 cm³/mol. The molecule has 1 unspecified atom stereocenters. The Morgan fingerprint density at radius 2 is 1.85 bits per heavy atom. The first-order chi connectivity index (χ1) is 12.8. The summed E-state index contributed by atoms with van der Waals surface area (Å²) in [6.45, 7) is 0. The molecule has 3 N–H and O–H groups in total. The fraction of sp³-hybridized carbons (Fsp3) is 0.333. The third-order valence-corrected chi connectivity index (χ3v) is 5.54. The molecule has 0 radical (unpaired) electrons. The van der Waals surface area contributed by atoms with Crippen LogP contribution in [0.15, 0.2) is 83.3 Å². The number of hydrogen-bond acceptors (Lipinski definition) is 2. The lowest BCUT2D eigenvalue weighted by Crippen LogP contribution is -2.29. The normalized spacial score (nSPS) is 23.2. The van der Waals surface area contributed by atoms with E-state index < -0.39 is 0 Å². The van der Waals surface area contributed by atoms with Gasteiger partial charge in [0.25, 0.3) is 0 Å². The average Bonchev–Trinajstić information content (AvgIpc) is 2.70. The van der Waals surface area contributed by atoms with E-state index in [1.807, 2.05) is 0 Å². The fourth-order valence-electron chi connectivity index (χ4n) is 4.17. The molecule has 1 atom stereocenters. The first-order valence-corrected chi connectivity index (χ1v) is 9.89. The third kappa shape index (κ3) is 3.70. The summed E-state index contributed by atoms with van der Waals surface area (Å²) in [5.74, 6) is 0. The minimum absolute atomic E-state index is 0.448. The van der Waals surface area contributed by atoms with E-state index >= 15 is 0 Å². The summed E-state index contributed by atoms with van der Waals surface area (Å²) in [5.41, 5.74) is 13.9. The maximum atomic E-state index is 5.99. The summed E-state index contributed by atoms with van der Waals surface area (Å²) >= 11 is 0. The van der Waals surface area contributed by atoms with Crippen molar-refractivity contribution in [2.24, 2.45) is 5.73 Å². The van der Waals surface area contributed by atoms with E-state index in [1.54, 1.807) is 0 Å². The van der Waals surface area contributed by atoms with Crippen LogP contribution in [0.4, 0.5) is 0 Å². The SMILES string of the molecule is NC1=CC=C(C2=C(c3ccccc3)C(NC3C=CCCC3)=CCC2)CC1. The van der Waals surface area contributed by atoms with E-state index in [4.69, 9.17) is 5.73 Å². The molecule has 0 heterocycles. The fourth-order valence-corrected chi connectivity index (χ4v) is 4.17. The van der Waals surface area contributed by atoms with E-state index in [1.165, 1.54) is 47.2 Å². The topological polar surface area (TPSA) is 38.0 Å². The van der Waals surface area contributed by atoms with E-state index in [-0.39, 0.29) is 0 Å². The van der Waals surface area contributed by atoms with E-state index in [2.05, 4.69) is 66.0 Å². The van der Waals surface area contributed by atoms with Crippen molar-refractivity contribution in [3.05, 3.63) is 88.8 Å². The van der Waals surface area contributed by atoms with E-state index in [9.17, 15) is 0 Å². The van der Waals surface area contributed by atoms with Gasteiger partial charge in [0.2, 0.25) is 0 Å². The molecular weight excluding hydrogens is 316 g/mol. The summed E-state index contributed by atoms with van der Waals surface area (Å²) in [5, 5.41) is 3.83. The number of nitrogens with two attached hydrogens (primary N) is 1. The lowest BCUT2D eigenvalue weighted by Gasteiger charge is -2.29. The van der Waals surface area contributed by atoms with Gasteiger partial charge in [0.1, 0.15) is 0 Å². The van der Waals surface area contributed by atoms with Gasteiger partial charge in [-0.15, -0.1) is 0 Å². The van der Waals surface area contributed by atoms with Crippen molar-refractivity contribution >= 4 is 5.57 Å². The van der Waals surface area contributed by atoms with Gasteiger partial charge in [0.15, 0.2) is 0 Å². The zero-order chi connectivity index (χ0) is 17.8. The summed E-state index contributed by atoms with van der Waals surface area (Å²) in [7, 11) is 0. The highest BCUT2D eigenvalue weighted by atomic mass is 14.9. The van der Waals surface area contributed by atoms with Crippen LogP contribution in [0.1, 0.15) is 50.5 Å². The molecule has 3 aliphatic carbocycles. The number of nitrogens with one attached hydrogen (secondary N) is 1. The van der Waals surface area contributed by atoms with Gasteiger partial charge in [-0.25, -0.2) is 0 Å². The van der Waals surface area contributed by atoms with Crippen LogP contribution in [-0.2, 0) is 0 Å². The molecule has 0 bridgehead atoms. The maximum Gasteiger partial charge on any atom is 0.0444 e. The molecule has 1 aromatic carbocycles. The van der Waals surface area contributed by atoms with Crippen LogP contribution in [-0.4, -0.2) is 6.04 Å². The molecular formula is C24H28N2. The highest BCUT2D eigenvalue weighted by molar-refractivity contribution is 5.84. The van der Waals surface area contributed by atoms with Crippen LogP contribution in [0.25, 0.3) is 5.57 Å². The first kappa shape index (κ1) is 17.0. The Labute approximate surface area is 156 Å². The lowest BCUT2D eigenvalue weighted by molar-refractivity contribution is 0.573. The third-order valence-electron chi connectivity index (χ3n) is 5.54. The molecule has 1 aromatic rings. The van der Waals surface area contributed by atoms with E-state index in [0.29, 0.717) is 6.04 Å². The van der Waals surface area contributed by atoms with Gasteiger partial charge < -0.3 is 11.1 Å². The Hall–Kier alpha value is -2.48. The second-order valence-corrected chi connectivity index (χ2v) is 7.42. The van der Waals surface area contributed by atoms with Crippen molar-refractivity contribution in [2.45, 2.75) is 51.0 Å². The minimum atomic E-state index is 0.448. The van der Waals surface area contributed by atoms with Crippen LogP contribution >= 0.6 is 0 Å². The van der Waals surface area contributed by atoms with Crippen molar-refractivity contribution in [1.82, 2.24) is 5.32 Å². The molecule has 2 nitrogen and oxygen atoms in total. The molecule has 4 rings (SSSR count). The molecule has 0 aromatic heterocycles. The van der Waals surface area contributed by atoms with Gasteiger partial charge in [-0.05, 0) is 67.7 Å². The molecule has 2 heteroatoms. The molecule has 0 amide bonds. The lowest BCUT2D eigenvalue weighted by atomic mass is 9.82. The summed E-state index contributed by atoms with van der Waals surface area (Å²) in [6, 6.07) is 11.3. The van der Waals surface area contributed by atoms with Gasteiger partial charge >= 0.3 is 0 Å². The molecule has 0 fully saturated rings. The summed E-state index contributed by atoms with van der Waals surface area (Å²) in [6.07, 6.45) is 19.3. The molecule has 0 saturated heterocycles. The average molecular weight is 345 g/mol. The zero-order valence-corrected chi connectivity index (χ0v) is 15.4. The van der Waals surface area contributed by atoms with Crippen molar-refractivity contribution < 1.29 is 0 Å². The standard InChI is InChI=1S/C24H28N2/c25-20-16-14-18(15-17-20)22-12-7-13-23(26-21-10-5-2-6-11-21)24(22)19-8-3-1-4-9-19/h1,3-5,8-10,13-14,16,21,26H,2,6-7,11-12,15,17,25H2. The number of hydrogen-bond donors (Lipinski definition) is 2. The van der Waals surface area contributed by atoms with Crippen LogP contribution in [0, 0.1) is 0 Å². The second kappa shape index (κ2) is 7.82. The first-order valence-electron chi connectivity index (χ1n) is 9.89. The van der Waals surface area contributed by atoms with Crippen LogP contribution < -0.4 is 11.1 Å². The Balaban J connectivity index is 1.74. The Morgan fingerprint density at radius 3 is 2.58 bits per heavy atom. The Bertz CT molecular complexity index is 806. The van der Waals surface area contributed by atoms with Crippen molar-refractivity contribution in [3.63, 3.8) is 0 Å². The van der Waals surface area contributed by atoms with Gasteiger partial charge in [-0.3, -0.25) is 0 Å². The number of allylic oxidation sites excluding steroid dienone is 8. The minimum Gasteiger partial charge on any atom is -0.402 e. The molecule has 134 valence electrons. The van der Waals surface area contributed by atoms with Gasteiger partial charge in [-0.1, -0.05) is 54.6 Å². The molecule has 0 spiro atoms. The van der Waals surface area contributed by atoms with Crippen molar-refractivity contribution in [3.8, 4) is 0 Å². The quantitative estimate of drug-likeness (QED) is 0.720. The Kier molecular flexibility index (Phi) is 5.10. The van der Waals surface area contributed by atoms with Crippen LogP contribution in [0.2, 0.25) is 0 Å². The molecule has 0 saturated carbocycles. The van der Waals surface area contributed by atoms with Crippen LogP contribution in [0.3, 0.4) is 0 Å². The number of rotatable bonds is 4. The monoisotopic (exact) mass is 344 g/mol. The highest BCUT2D eigenvalue weighted by Crippen LogP contribution is 2.38. The largest absolute Gasteiger partial charge is 0.402 e. The van der Waals surface area contributed by atoms with Gasteiger partial charge in [-0.2, -0.15) is 0 Å². The number of benzene rings is 1. The Morgan fingerprint density at radius 1 is 0.962 bits per heavy atom. The zero-order valence-electron chi connectivity index (χ0n) is 15.4. The smallest absolute Gasteiger partial charge is 0.0444 e. The second-order valence-electron chi connectivity index (χ2n) is 7.42. The summed E-state index contributed by atoms with van der Waals surface area (Å²) < 4.78 is 0. The molecule has 3 aliphatic rings. The highest BCUT2D eigenvalue weighted by Gasteiger charge is 2.22. The van der Waals surface area contributed by atoms with Crippen LogP contribution in [0.5, 0.6) is 0 Å². The van der Waals surface area contributed by atoms with Gasteiger partial charge in [0.05, 0.1) is 0 Å². The van der Waals surface area contributed by atoms with E-state index in [0.717, 1.165) is 31.4 Å².